The fourth-order valence-corrected chi connectivity index (χ4v) is 1.28. The zero-order chi connectivity index (χ0) is 9.80. The highest BCUT2D eigenvalue weighted by Gasteiger charge is 2.00. The van der Waals surface area contributed by atoms with Gasteiger partial charge in [0.2, 0.25) is 0 Å². The minimum absolute atomic E-state index is 0.160. The molecule has 0 aliphatic rings. The van der Waals surface area contributed by atoms with Crippen LogP contribution in [0.5, 0.6) is 0 Å². The molecule has 1 aromatic carbocycles. The zero-order valence-corrected chi connectivity index (χ0v) is 7.60. The number of halogens is 1. The number of hydrogen-bond acceptors (Lipinski definition) is 2. The van der Waals surface area contributed by atoms with Gasteiger partial charge in [0.1, 0.15) is 18.5 Å². The van der Waals surface area contributed by atoms with E-state index < -0.39 is 0 Å². The first-order valence-electron chi connectivity index (χ1n) is 4.42. The molecule has 0 aliphatic carbocycles. The van der Waals surface area contributed by atoms with Crippen molar-refractivity contribution in [3.8, 4) is 0 Å². The molecule has 72 valence electrons. The van der Waals surface area contributed by atoms with E-state index in [1.54, 1.807) is 23.1 Å². The van der Waals surface area contributed by atoms with Crippen LogP contribution < -0.4 is 0 Å². The first-order valence-corrected chi connectivity index (χ1v) is 4.42. The highest BCUT2D eigenvalue weighted by atomic mass is 19.1. The van der Waals surface area contributed by atoms with E-state index in [2.05, 4.69) is 10.1 Å². The van der Waals surface area contributed by atoms with Crippen LogP contribution in [0.3, 0.4) is 0 Å². The second-order valence-electron chi connectivity index (χ2n) is 3.00. The van der Waals surface area contributed by atoms with Gasteiger partial charge in [0.15, 0.2) is 0 Å². The Labute approximate surface area is 81.2 Å². The van der Waals surface area contributed by atoms with Crippen molar-refractivity contribution in [1.29, 1.82) is 0 Å². The number of rotatable bonds is 3. The third kappa shape index (κ3) is 1.96. The van der Waals surface area contributed by atoms with Gasteiger partial charge in [-0.05, 0) is 18.1 Å². The molecule has 0 saturated heterocycles. The standard InChI is InChI=1S/C10H10FN3/c11-10-4-2-1-3-9(10)5-6-14-8-12-7-13-14/h1-4,7-8H,5-6H2. The van der Waals surface area contributed by atoms with Crippen molar-refractivity contribution in [2.45, 2.75) is 13.0 Å². The Hall–Kier alpha value is -1.71. The van der Waals surface area contributed by atoms with Crippen molar-refractivity contribution in [3.63, 3.8) is 0 Å². The van der Waals surface area contributed by atoms with Crippen LogP contribution in [0.25, 0.3) is 0 Å². The van der Waals surface area contributed by atoms with Gasteiger partial charge in [-0.15, -0.1) is 0 Å². The molecule has 0 bridgehead atoms. The summed E-state index contributed by atoms with van der Waals surface area (Å²) in [7, 11) is 0. The van der Waals surface area contributed by atoms with Crippen LogP contribution in [0.2, 0.25) is 0 Å². The molecule has 0 fully saturated rings. The van der Waals surface area contributed by atoms with Crippen LogP contribution in [-0.4, -0.2) is 14.8 Å². The van der Waals surface area contributed by atoms with Crippen LogP contribution >= 0.6 is 0 Å². The minimum atomic E-state index is -0.160. The van der Waals surface area contributed by atoms with E-state index >= 15 is 0 Å². The van der Waals surface area contributed by atoms with Crippen molar-refractivity contribution >= 4 is 0 Å². The molecule has 0 atom stereocenters. The van der Waals surface area contributed by atoms with E-state index in [0.717, 1.165) is 0 Å². The highest BCUT2D eigenvalue weighted by molar-refractivity contribution is 5.17. The fraction of sp³-hybridized carbons (Fsp3) is 0.200. The first kappa shape index (κ1) is 8.87. The third-order valence-corrected chi connectivity index (χ3v) is 2.03. The van der Waals surface area contributed by atoms with Gasteiger partial charge < -0.3 is 0 Å². The molecule has 0 amide bonds. The molecular formula is C10H10FN3. The Bertz CT molecular complexity index is 398. The molecule has 3 nitrogen and oxygen atoms in total. The molecule has 0 spiro atoms. The second kappa shape index (κ2) is 4.00. The molecule has 1 aromatic heterocycles. The summed E-state index contributed by atoms with van der Waals surface area (Å²) in [6.07, 6.45) is 3.73. The third-order valence-electron chi connectivity index (χ3n) is 2.03. The average molecular weight is 191 g/mol. The summed E-state index contributed by atoms with van der Waals surface area (Å²) in [5.41, 5.74) is 0.711. The predicted octanol–water partition coefficient (Wildman–Crippen LogP) is 1.66. The minimum Gasteiger partial charge on any atom is -0.253 e. The van der Waals surface area contributed by atoms with E-state index in [1.807, 2.05) is 6.07 Å². The molecule has 0 aliphatic heterocycles. The van der Waals surface area contributed by atoms with E-state index in [1.165, 1.54) is 12.4 Å². The average Bonchev–Trinajstić information content (AvgIpc) is 2.69. The van der Waals surface area contributed by atoms with E-state index in [0.29, 0.717) is 18.5 Å². The molecular weight excluding hydrogens is 181 g/mol. The summed E-state index contributed by atoms with van der Waals surface area (Å²) < 4.78 is 14.9. The van der Waals surface area contributed by atoms with Gasteiger partial charge in [-0.25, -0.2) is 9.37 Å². The van der Waals surface area contributed by atoms with E-state index in [-0.39, 0.29) is 5.82 Å². The van der Waals surface area contributed by atoms with E-state index in [4.69, 9.17) is 0 Å². The van der Waals surface area contributed by atoms with Crippen molar-refractivity contribution in [1.82, 2.24) is 14.8 Å². The summed E-state index contributed by atoms with van der Waals surface area (Å²) >= 11 is 0. The zero-order valence-electron chi connectivity index (χ0n) is 7.60. The van der Waals surface area contributed by atoms with Crippen LogP contribution in [-0.2, 0) is 13.0 Å². The van der Waals surface area contributed by atoms with Crippen LogP contribution in [0, 0.1) is 5.82 Å². The van der Waals surface area contributed by atoms with Crippen LogP contribution in [0.4, 0.5) is 4.39 Å². The molecule has 14 heavy (non-hydrogen) atoms. The summed E-state index contributed by atoms with van der Waals surface area (Å²) in [5, 5.41) is 3.94. The molecule has 1 heterocycles. The largest absolute Gasteiger partial charge is 0.253 e. The Morgan fingerprint density at radius 2 is 2.14 bits per heavy atom. The maximum absolute atomic E-state index is 13.2. The lowest BCUT2D eigenvalue weighted by Gasteiger charge is -2.02. The van der Waals surface area contributed by atoms with Gasteiger partial charge in [-0.2, -0.15) is 5.10 Å². The normalized spacial score (nSPS) is 10.4. The SMILES string of the molecule is Fc1ccccc1CCn1cncn1. The lowest BCUT2D eigenvalue weighted by atomic mass is 10.1. The molecule has 0 radical (unpaired) electrons. The Morgan fingerprint density at radius 3 is 2.86 bits per heavy atom. The van der Waals surface area contributed by atoms with Crippen molar-refractivity contribution in [2.24, 2.45) is 0 Å². The predicted molar refractivity (Wildman–Crippen MR) is 50.1 cm³/mol. The van der Waals surface area contributed by atoms with Gasteiger partial charge in [0.25, 0.3) is 0 Å². The van der Waals surface area contributed by atoms with Gasteiger partial charge >= 0.3 is 0 Å². The van der Waals surface area contributed by atoms with Crippen molar-refractivity contribution < 1.29 is 4.39 Å². The summed E-state index contributed by atoms with van der Waals surface area (Å²) in [6.45, 7) is 0.654. The number of benzene rings is 1. The quantitative estimate of drug-likeness (QED) is 0.738. The topological polar surface area (TPSA) is 30.7 Å². The van der Waals surface area contributed by atoms with Gasteiger partial charge in [0.05, 0.1) is 0 Å². The maximum Gasteiger partial charge on any atom is 0.137 e. The lowest BCUT2D eigenvalue weighted by molar-refractivity contribution is 0.571. The fourth-order valence-electron chi connectivity index (χ4n) is 1.28. The van der Waals surface area contributed by atoms with Crippen LogP contribution in [0.1, 0.15) is 5.56 Å². The summed E-state index contributed by atoms with van der Waals surface area (Å²) in [6, 6.07) is 6.77. The lowest BCUT2D eigenvalue weighted by Crippen LogP contribution is -2.02. The Morgan fingerprint density at radius 1 is 1.29 bits per heavy atom. The molecule has 0 N–H and O–H groups in total. The van der Waals surface area contributed by atoms with Crippen molar-refractivity contribution in [2.75, 3.05) is 0 Å². The monoisotopic (exact) mass is 191 g/mol. The van der Waals surface area contributed by atoms with Gasteiger partial charge in [0, 0.05) is 6.54 Å². The first-order chi connectivity index (χ1) is 6.86. The maximum atomic E-state index is 13.2. The van der Waals surface area contributed by atoms with Gasteiger partial charge in [-0.1, -0.05) is 18.2 Å². The smallest absolute Gasteiger partial charge is 0.137 e. The number of hydrogen-bond donors (Lipinski definition) is 0. The highest BCUT2D eigenvalue weighted by Crippen LogP contribution is 2.07. The molecule has 0 saturated carbocycles. The number of nitrogens with zero attached hydrogens (tertiary/aromatic N) is 3. The molecule has 2 rings (SSSR count). The molecule has 0 unspecified atom stereocenters. The summed E-state index contributed by atoms with van der Waals surface area (Å²) in [4.78, 5) is 3.81. The molecule has 2 aromatic rings. The number of aromatic nitrogens is 3. The number of aryl methyl sites for hydroxylation is 2. The Balaban J connectivity index is 2.02. The Kier molecular flexibility index (Phi) is 2.53. The van der Waals surface area contributed by atoms with E-state index in [9.17, 15) is 4.39 Å². The van der Waals surface area contributed by atoms with Crippen LogP contribution in [0.15, 0.2) is 36.9 Å². The second-order valence-corrected chi connectivity index (χ2v) is 3.00. The summed E-state index contributed by atoms with van der Waals surface area (Å²) in [5.74, 6) is -0.160. The van der Waals surface area contributed by atoms with Gasteiger partial charge in [-0.3, -0.25) is 4.68 Å². The molecule has 4 heteroatoms. The van der Waals surface area contributed by atoms with Crippen molar-refractivity contribution in [3.05, 3.63) is 48.3 Å².